The van der Waals surface area contributed by atoms with Gasteiger partial charge in [0.25, 0.3) is 0 Å². The summed E-state index contributed by atoms with van der Waals surface area (Å²) in [7, 11) is 4.11. The molecule has 2 amide bonds. The summed E-state index contributed by atoms with van der Waals surface area (Å²) >= 11 is 0. The first-order chi connectivity index (χ1) is 14.3. The normalized spacial score (nSPS) is 28.8. The van der Waals surface area contributed by atoms with Gasteiger partial charge in [0, 0.05) is 51.1 Å². The quantitative estimate of drug-likeness (QED) is 0.649. The Hall–Kier alpha value is -0.890. The van der Waals surface area contributed by atoms with Gasteiger partial charge < -0.3 is 24.6 Å². The predicted molar refractivity (Wildman–Crippen MR) is 120 cm³/mol. The first kappa shape index (κ1) is 23.8. The Morgan fingerprint density at radius 3 is 2.60 bits per heavy atom. The molecule has 1 saturated carbocycles. The lowest BCUT2D eigenvalue weighted by atomic mass is 9.74. The van der Waals surface area contributed by atoms with Crippen LogP contribution < -0.4 is 5.32 Å². The number of piperidine rings is 1. The van der Waals surface area contributed by atoms with Crippen molar-refractivity contribution >= 4 is 6.03 Å². The summed E-state index contributed by atoms with van der Waals surface area (Å²) in [4.78, 5) is 19.9. The molecule has 0 aromatic heterocycles. The van der Waals surface area contributed by atoms with Gasteiger partial charge in [-0.1, -0.05) is 20.8 Å². The highest BCUT2D eigenvalue weighted by Crippen LogP contribution is 2.44. The number of fused-ring (bicyclic) bond motifs is 1. The van der Waals surface area contributed by atoms with E-state index in [1.807, 2.05) is 4.90 Å². The zero-order valence-electron chi connectivity index (χ0n) is 19.9. The standard InChI is InChI=1S/C23H44N4O3/c1-6-9-26-17-20(24-22(28)27(16-18(2)3)11-10-25(4)5)14-19-15-23(8-7-21(19)26)29-12-13-30-23/h18-21H,6-17H2,1-5H3,(H,24,28). The molecular formula is C23H44N4O3. The van der Waals surface area contributed by atoms with Crippen molar-refractivity contribution in [2.75, 3.05) is 60.0 Å². The highest BCUT2D eigenvalue weighted by molar-refractivity contribution is 5.74. The number of amides is 2. The number of rotatable bonds is 8. The Morgan fingerprint density at radius 2 is 1.97 bits per heavy atom. The van der Waals surface area contributed by atoms with Gasteiger partial charge in [-0.2, -0.15) is 0 Å². The van der Waals surface area contributed by atoms with Gasteiger partial charge in [0.15, 0.2) is 5.79 Å². The van der Waals surface area contributed by atoms with Crippen LogP contribution in [0.4, 0.5) is 4.79 Å². The highest BCUT2D eigenvalue weighted by atomic mass is 16.7. The van der Waals surface area contributed by atoms with Crippen molar-refractivity contribution in [2.24, 2.45) is 11.8 Å². The lowest BCUT2D eigenvalue weighted by molar-refractivity contribution is -0.201. The average Bonchev–Trinajstić information content (AvgIpc) is 3.12. The third-order valence-electron chi connectivity index (χ3n) is 6.79. The van der Waals surface area contributed by atoms with Gasteiger partial charge in [-0.15, -0.1) is 0 Å². The van der Waals surface area contributed by atoms with Crippen molar-refractivity contribution in [1.29, 1.82) is 0 Å². The van der Waals surface area contributed by atoms with Crippen molar-refractivity contribution in [2.45, 2.75) is 70.7 Å². The van der Waals surface area contributed by atoms with Crippen LogP contribution in [0.15, 0.2) is 0 Å². The topological polar surface area (TPSA) is 57.3 Å². The molecule has 1 N–H and O–H groups in total. The number of hydrogen-bond donors (Lipinski definition) is 1. The number of urea groups is 1. The minimum Gasteiger partial charge on any atom is -0.348 e. The molecule has 2 heterocycles. The predicted octanol–water partition coefficient (Wildman–Crippen LogP) is 2.61. The number of nitrogens with one attached hydrogen (secondary N) is 1. The Kier molecular flexibility index (Phi) is 8.41. The molecule has 30 heavy (non-hydrogen) atoms. The van der Waals surface area contributed by atoms with Gasteiger partial charge in [0.1, 0.15) is 0 Å². The Balaban J connectivity index is 1.64. The largest absolute Gasteiger partial charge is 0.348 e. The third-order valence-corrected chi connectivity index (χ3v) is 6.79. The summed E-state index contributed by atoms with van der Waals surface area (Å²) in [6, 6.07) is 0.872. The first-order valence-electron chi connectivity index (χ1n) is 12.0. The number of ether oxygens (including phenoxy) is 2. The zero-order chi connectivity index (χ0) is 21.7. The first-order valence-corrected chi connectivity index (χ1v) is 12.0. The summed E-state index contributed by atoms with van der Waals surface area (Å²) in [6.45, 7) is 12.5. The van der Waals surface area contributed by atoms with E-state index in [-0.39, 0.29) is 17.9 Å². The molecule has 0 aromatic rings. The van der Waals surface area contributed by atoms with Crippen LogP contribution in [0, 0.1) is 11.8 Å². The fraction of sp³-hybridized carbons (Fsp3) is 0.957. The van der Waals surface area contributed by atoms with Gasteiger partial charge >= 0.3 is 6.03 Å². The van der Waals surface area contributed by atoms with Crippen LogP contribution in [0.1, 0.15) is 52.9 Å². The van der Waals surface area contributed by atoms with Crippen LogP contribution in [0.2, 0.25) is 0 Å². The fourth-order valence-corrected chi connectivity index (χ4v) is 5.53. The number of nitrogens with zero attached hydrogens (tertiary/aromatic N) is 3. The highest BCUT2D eigenvalue weighted by Gasteiger charge is 2.49. The number of likely N-dealkylation sites (N-methyl/N-ethyl adjacent to an activating group) is 1. The van der Waals surface area contributed by atoms with Crippen molar-refractivity contribution in [3.8, 4) is 0 Å². The maximum atomic E-state index is 13.2. The molecule has 7 nitrogen and oxygen atoms in total. The maximum absolute atomic E-state index is 13.2. The number of hydrogen-bond acceptors (Lipinski definition) is 5. The van der Waals surface area contributed by atoms with Gasteiger partial charge in [-0.25, -0.2) is 4.79 Å². The fourth-order valence-electron chi connectivity index (χ4n) is 5.53. The lowest BCUT2D eigenvalue weighted by Gasteiger charge is -2.51. The summed E-state index contributed by atoms with van der Waals surface area (Å²) in [6.07, 6.45) is 5.25. The SMILES string of the molecule is CCCN1CC(NC(=O)N(CCN(C)C)CC(C)C)CC2CC3(CCC21)OCCO3. The molecule has 3 fully saturated rings. The van der Waals surface area contributed by atoms with E-state index in [2.05, 4.69) is 50.0 Å². The average molecular weight is 425 g/mol. The van der Waals surface area contributed by atoms with Gasteiger partial charge in [-0.3, -0.25) is 4.90 Å². The van der Waals surface area contributed by atoms with Crippen LogP contribution in [-0.4, -0.2) is 98.6 Å². The molecule has 0 radical (unpaired) electrons. The molecule has 2 saturated heterocycles. The molecule has 3 aliphatic rings. The van der Waals surface area contributed by atoms with E-state index >= 15 is 0 Å². The van der Waals surface area contributed by atoms with E-state index in [4.69, 9.17) is 9.47 Å². The van der Waals surface area contributed by atoms with Crippen molar-refractivity contribution < 1.29 is 14.3 Å². The Labute approximate surface area is 183 Å². The van der Waals surface area contributed by atoms with Crippen LogP contribution in [0.5, 0.6) is 0 Å². The molecule has 1 spiro atoms. The van der Waals surface area contributed by atoms with E-state index in [9.17, 15) is 4.79 Å². The summed E-state index contributed by atoms with van der Waals surface area (Å²) in [5.41, 5.74) is 0. The molecular weight excluding hydrogens is 380 g/mol. The molecule has 0 bridgehead atoms. The van der Waals surface area contributed by atoms with E-state index in [1.54, 1.807) is 0 Å². The van der Waals surface area contributed by atoms with E-state index in [0.29, 0.717) is 31.1 Å². The van der Waals surface area contributed by atoms with Crippen molar-refractivity contribution in [1.82, 2.24) is 20.0 Å². The summed E-state index contributed by atoms with van der Waals surface area (Å²) in [5, 5.41) is 3.39. The minimum absolute atomic E-state index is 0.0873. The van der Waals surface area contributed by atoms with E-state index in [0.717, 1.165) is 64.8 Å². The molecule has 7 heteroatoms. The second-order valence-corrected chi connectivity index (χ2v) is 10.2. The minimum atomic E-state index is -0.361. The van der Waals surface area contributed by atoms with Gasteiger partial charge in [0.05, 0.1) is 13.2 Å². The number of likely N-dealkylation sites (tertiary alicyclic amines) is 1. The van der Waals surface area contributed by atoms with E-state index < -0.39 is 0 Å². The molecule has 174 valence electrons. The van der Waals surface area contributed by atoms with Crippen LogP contribution in [-0.2, 0) is 9.47 Å². The Morgan fingerprint density at radius 1 is 1.23 bits per heavy atom. The van der Waals surface area contributed by atoms with Crippen LogP contribution in [0.25, 0.3) is 0 Å². The summed E-state index contributed by atoms with van der Waals surface area (Å²) < 4.78 is 12.1. The van der Waals surface area contributed by atoms with Crippen molar-refractivity contribution in [3.63, 3.8) is 0 Å². The maximum Gasteiger partial charge on any atom is 0.317 e. The second kappa shape index (κ2) is 10.6. The third kappa shape index (κ3) is 6.09. The zero-order valence-corrected chi connectivity index (χ0v) is 19.9. The molecule has 3 unspecified atom stereocenters. The van der Waals surface area contributed by atoms with Crippen LogP contribution in [0.3, 0.4) is 0 Å². The number of carbonyl (C=O) groups excluding carboxylic acids is 1. The smallest absolute Gasteiger partial charge is 0.317 e. The van der Waals surface area contributed by atoms with Crippen LogP contribution >= 0.6 is 0 Å². The molecule has 3 rings (SSSR count). The molecule has 2 aliphatic heterocycles. The molecule has 1 aliphatic carbocycles. The monoisotopic (exact) mass is 424 g/mol. The summed E-state index contributed by atoms with van der Waals surface area (Å²) in [5.74, 6) is 0.614. The van der Waals surface area contributed by atoms with Gasteiger partial charge in [0.2, 0.25) is 0 Å². The Bertz CT molecular complexity index is 551. The van der Waals surface area contributed by atoms with E-state index in [1.165, 1.54) is 0 Å². The van der Waals surface area contributed by atoms with Gasteiger partial charge in [-0.05, 0) is 51.7 Å². The lowest BCUT2D eigenvalue weighted by Crippen LogP contribution is -2.60. The second-order valence-electron chi connectivity index (χ2n) is 10.2. The molecule has 0 aromatic carbocycles. The van der Waals surface area contributed by atoms with Crippen molar-refractivity contribution in [3.05, 3.63) is 0 Å². The molecule has 3 atom stereocenters. The number of carbonyl (C=O) groups is 1.